The zero-order valence-electron chi connectivity index (χ0n) is 23.0. The molecule has 6 aromatic rings. The molecule has 7 rings (SSSR count). The van der Waals surface area contributed by atoms with Gasteiger partial charge in [0.2, 0.25) is 0 Å². The molecule has 42 heavy (non-hydrogen) atoms. The first kappa shape index (κ1) is 25.4. The van der Waals surface area contributed by atoms with Gasteiger partial charge in [-0.25, -0.2) is 19.3 Å². The molecule has 1 aliphatic heterocycles. The highest BCUT2D eigenvalue weighted by atomic mass is 16.5. The van der Waals surface area contributed by atoms with E-state index in [4.69, 9.17) is 9.84 Å². The van der Waals surface area contributed by atoms with E-state index in [2.05, 4.69) is 20.1 Å². The van der Waals surface area contributed by atoms with Crippen LogP contribution in [-0.4, -0.2) is 64.8 Å². The third-order valence-electron chi connectivity index (χ3n) is 7.53. The van der Waals surface area contributed by atoms with E-state index in [1.54, 1.807) is 18.2 Å². The maximum Gasteiger partial charge on any atom is 0.295 e. The van der Waals surface area contributed by atoms with Gasteiger partial charge in [0.25, 0.3) is 11.7 Å². The molecular formula is C31H26N8O3. The van der Waals surface area contributed by atoms with Crippen LogP contribution in [0, 0.1) is 6.92 Å². The van der Waals surface area contributed by atoms with Crippen LogP contribution in [0.1, 0.15) is 27.4 Å². The Balaban J connectivity index is 1.26. The lowest BCUT2D eigenvalue weighted by atomic mass is 9.99. The van der Waals surface area contributed by atoms with Crippen molar-refractivity contribution >= 4 is 22.6 Å². The fraction of sp³-hybridized carbons (Fsp3) is 0.161. The number of rotatable bonds is 6. The highest BCUT2D eigenvalue weighted by Crippen LogP contribution is 2.34. The maximum absolute atomic E-state index is 13.8. The van der Waals surface area contributed by atoms with E-state index in [0.717, 1.165) is 28.2 Å². The zero-order chi connectivity index (χ0) is 28.8. The van der Waals surface area contributed by atoms with Crippen molar-refractivity contribution < 1.29 is 14.3 Å². The number of carbonyl (C=O) groups is 2. The number of hydrogen-bond donors (Lipinski definition) is 1. The second-order valence-electron chi connectivity index (χ2n) is 10.0. The molecule has 0 atom stereocenters. The lowest BCUT2D eigenvalue weighted by Gasteiger charge is -2.27. The van der Waals surface area contributed by atoms with Crippen LogP contribution in [0.2, 0.25) is 0 Å². The van der Waals surface area contributed by atoms with Gasteiger partial charge in [0.05, 0.1) is 53.4 Å². The molecule has 0 spiro atoms. The van der Waals surface area contributed by atoms with Gasteiger partial charge in [-0.1, -0.05) is 48.5 Å². The van der Waals surface area contributed by atoms with E-state index >= 15 is 0 Å². The number of carbonyl (C=O) groups excluding carboxylic acids is 2. The minimum absolute atomic E-state index is 0.210. The minimum Gasteiger partial charge on any atom is -0.494 e. The second kappa shape index (κ2) is 10.1. The number of aromatic amines is 1. The molecule has 0 aliphatic carbocycles. The Morgan fingerprint density at radius 2 is 1.74 bits per heavy atom. The number of fused-ring (bicyclic) bond motifs is 2. The first-order valence-corrected chi connectivity index (χ1v) is 13.5. The van der Waals surface area contributed by atoms with Crippen molar-refractivity contribution in [3.05, 3.63) is 102 Å². The summed E-state index contributed by atoms with van der Waals surface area (Å²) in [6, 6.07) is 19.8. The average Bonchev–Trinajstić information content (AvgIpc) is 3.77. The molecule has 2 aromatic carbocycles. The number of ketones is 1. The molecule has 11 nitrogen and oxygen atoms in total. The Kier molecular flexibility index (Phi) is 6.11. The second-order valence-corrected chi connectivity index (χ2v) is 10.0. The van der Waals surface area contributed by atoms with Crippen LogP contribution in [-0.2, 0) is 17.8 Å². The van der Waals surface area contributed by atoms with Gasteiger partial charge in [-0.05, 0) is 19.1 Å². The first-order chi connectivity index (χ1) is 20.5. The van der Waals surface area contributed by atoms with Crippen LogP contribution in [0.15, 0.2) is 79.4 Å². The number of aryl methyl sites for hydroxylation is 1. The Bertz CT molecular complexity index is 1960. The summed E-state index contributed by atoms with van der Waals surface area (Å²) >= 11 is 0. The third-order valence-corrected chi connectivity index (χ3v) is 7.53. The summed E-state index contributed by atoms with van der Waals surface area (Å²) in [5.41, 5.74) is 5.39. The standard InChI is InChI=1S/C31H26N8O3/c1-19-34-18-38(35-19)30-28-26(25(42-2)16-33-30)22(15-32-28)29(40)31(41)37-14-13-24-23(17-37)27(20-9-5-3-6-10-20)36-39(24)21-11-7-4-8-12-21/h3-12,15-16,18,32H,13-14,17H2,1-2H3. The average molecular weight is 559 g/mol. The highest BCUT2D eigenvalue weighted by molar-refractivity contribution is 6.45. The molecule has 1 N–H and O–H groups in total. The quantitative estimate of drug-likeness (QED) is 0.241. The summed E-state index contributed by atoms with van der Waals surface area (Å²) in [5.74, 6) is 0.172. The molecule has 5 heterocycles. The molecule has 0 radical (unpaired) electrons. The summed E-state index contributed by atoms with van der Waals surface area (Å²) in [7, 11) is 1.50. The number of amides is 1. The summed E-state index contributed by atoms with van der Waals surface area (Å²) in [4.78, 5) is 40.9. The van der Waals surface area contributed by atoms with E-state index in [-0.39, 0.29) is 12.1 Å². The largest absolute Gasteiger partial charge is 0.494 e. The van der Waals surface area contributed by atoms with Crippen molar-refractivity contribution in [2.24, 2.45) is 0 Å². The van der Waals surface area contributed by atoms with Crippen LogP contribution in [0.5, 0.6) is 5.75 Å². The van der Waals surface area contributed by atoms with Gasteiger partial charge in [-0.3, -0.25) is 9.59 Å². The fourth-order valence-electron chi connectivity index (χ4n) is 5.52. The Labute approximate surface area is 240 Å². The molecule has 11 heteroatoms. The molecule has 4 aromatic heterocycles. The normalized spacial score (nSPS) is 12.9. The minimum atomic E-state index is -0.633. The number of H-pyrrole nitrogens is 1. The van der Waals surface area contributed by atoms with Crippen molar-refractivity contribution in [3.63, 3.8) is 0 Å². The van der Waals surface area contributed by atoms with Gasteiger partial charge in [0.1, 0.15) is 17.9 Å². The Hall–Kier alpha value is -5.58. The van der Waals surface area contributed by atoms with Crippen LogP contribution >= 0.6 is 0 Å². The zero-order valence-corrected chi connectivity index (χ0v) is 23.0. The molecule has 1 aliphatic rings. The first-order valence-electron chi connectivity index (χ1n) is 13.5. The molecule has 0 saturated carbocycles. The Morgan fingerprint density at radius 1 is 0.976 bits per heavy atom. The summed E-state index contributed by atoms with van der Waals surface area (Å²) in [6.45, 7) is 2.42. The van der Waals surface area contributed by atoms with Crippen LogP contribution in [0.25, 0.3) is 33.7 Å². The molecule has 0 unspecified atom stereocenters. The van der Waals surface area contributed by atoms with E-state index < -0.39 is 11.7 Å². The van der Waals surface area contributed by atoms with Gasteiger partial charge in [0.15, 0.2) is 5.82 Å². The third kappa shape index (κ3) is 4.14. The fourth-order valence-corrected chi connectivity index (χ4v) is 5.52. The van der Waals surface area contributed by atoms with Gasteiger partial charge in [0, 0.05) is 30.3 Å². The number of pyridine rings is 1. The summed E-state index contributed by atoms with van der Waals surface area (Å²) in [5, 5.41) is 9.78. The number of methoxy groups -OCH3 is 1. The number of hydrogen-bond acceptors (Lipinski definition) is 7. The molecule has 0 saturated heterocycles. The number of benzene rings is 2. The van der Waals surface area contributed by atoms with Crippen molar-refractivity contribution in [1.82, 2.24) is 39.4 Å². The van der Waals surface area contributed by atoms with Gasteiger partial charge in [-0.2, -0.15) is 10.2 Å². The molecule has 0 fully saturated rings. The number of nitrogens with one attached hydrogen (secondary N) is 1. The van der Waals surface area contributed by atoms with E-state index in [0.29, 0.717) is 41.3 Å². The topological polar surface area (TPSA) is 124 Å². The van der Waals surface area contributed by atoms with E-state index in [1.165, 1.54) is 24.2 Å². The SMILES string of the molecule is COc1cnc(-n2cnc(C)n2)c2[nH]cc(C(=O)C(=O)N3CCc4c(c(-c5ccccc5)nn4-c4ccccc4)C3)c12. The number of para-hydroxylation sites is 1. The summed E-state index contributed by atoms with van der Waals surface area (Å²) < 4.78 is 9.01. The van der Waals surface area contributed by atoms with Crippen molar-refractivity contribution in [2.75, 3.05) is 13.7 Å². The van der Waals surface area contributed by atoms with E-state index in [9.17, 15) is 9.59 Å². The molecule has 208 valence electrons. The number of nitrogens with zero attached hydrogens (tertiary/aromatic N) is 7. The van der Waals surface area contributed by atoms with Crippen LogP contribution in [0.4, 0.5) is 0 Å². The maximum atomic E-state index is 13.8. The Morgan fingerprint density at radius 3 is 2.45 bits per heavy atom. The number of aromatic nitrogens is 7. The monoisotopic (exact) mass is 558 g/mol. The lowest BCUT2D eigenvalue weighted by Crippen LogP contribution is -2.40. The van der Waals surface area contributed by atoms with Crippen molar-refractivity contribution in [1.29, 1.82) is 0 Å². The highest BCUT2D eigenvalue weighted by Gasteiger charge is 2.33. The molecule has 1 amide bonds. The van der Waals surface area contributed by atoms with Gasteiger partial charge in [-0.15, -0.1) is 0 Å². The molecule has 0 bridgehead atoms. The number of Topliss-reactive ketones (excluding diaryl/α,β-unsaturated/α-hetero) is 1. The predicted octanol–water partition coefficient (Wildman–Crippen LogP) is 4.08. The van der Waals surface area contributed by atoms with Gasteiger partial charge >= 0.3 is 0 Å². The molecular weight excluding hydrogens is 532 g/mol. The number of ether oxygens (including phenoxy) is 1. The van der Waals surface area contributed by atoms with Crippen molar-refractivity contribution in [2.45, 2.75) is 19.9 Å². The predicted molar refractivity (Wildman–Crippen MR) is 155 cm³/mol. The van der Waals surface area contributed by atoms with Crippen molar-refractivity contribution in [3.8, 4) is 28.5 Å². The van der Waals surface area contributed by atoms with E-state index in [1.807, 2.05) is 65.3 Å². The smallest absolute Gasteiger partial charge is 0.295 e. The van der Waals surface area contributed by atoms with Gasteiger partial charge < -0.3 is 14.6 Å². The lowest BCUT2D eigenvalue weighted by molar-refractivity contribution is -0.127. The van der Waals surface area contributed by atoms with Crippen LogP contribution < -0.4 is 4.74 Å². The van der Waals surface area contributed by atoms with Crippen LogP contribution in [0.3, 0.4) is 0 Å². The summed E-state index contributed by atoms with van der Waals surface area (Å²) in [6.07, 6.45) is 5.14.